The second-order valence-corrected chi connectivity index (χ2v) is 6.00. The Morgan fingerprint density at radius 2 is 1.95 bits per heavy atom. The number of Topliss-reactive ketones (excluding diaryl/α,β-unsaturated/α-hetero) is 1. The predicted molar refractivity (Wildman–Crippen MR) is 78.7 cm³/mol. The molecule has 2 aliphatic heterocycles. The fourth-order valence-electron chi connectivity index (χ4n) is 3.74. The molecular formula is C18H18O2. The molecule has 2 bridgehead atoms. The van der Waals surface area contributed by atoms with Gasteiger partial charge in [-0.3, -0.25) is 4.79 Å². The zero-order valence-electron chi connectivity index (χ0n) is 11.4. The van der Waals surface area contributed by atoms with Gasteiger partial charge in [-0.25, -0.2) is 0 Å². The Kier molecular flexibility index (Phi) is 2.85. The zero-order chi connectivity index (χ0) is 13.5. The number of fused-ring (bicyclic) bond motifs is 3. The average molecular weight is 266 g/mol. The minimum absolute atomic E-state index is 0.132. The first-order valence-electron chi connectivity index (χ1n) is 7.46. The summed E-state index contributed by atoms with van der Waals surface area (Å²) in [6, 6.07) is 14.5. The molecule has 0 aliphatic carbocycles. The highest BCUT2D eigenvalue weighted by atomic mass is 16.5. The molecule has 3 atom stereocenters. The summed E-state index contributed by atoms with van der Waals surface area (Å²) in [5, 5.41) is 2.41. The van der Waals surface area contributed by atoms with Crippen LogP contribution in [0, 0.1) is 5.92 Å². The van der Waals surface area contributed by atoms with Gasteiger partial charge in [-0.1, -0.05) is 42.5 Å². The Morgan fingerprint density at radius 3 is 2.75 bits per heavy atom. The molecule has 2 saturated heterocycles. The number of carbonyl (C=O) groups excluding carboxylic acids is 1. The van der Waals surface area contributed by atoms with E-state index < -0.39 is 0 Å². The monoisotopic (exact) mass is 266 g/mol. The standard InChI is InChI=1S/C18H18O2/c19-17(16-11-14-8-9-18(16)20-14)10-13-6-3-5-12-4-1-2-7-15(12)13/h1-7,14,16,18H,8-11H2. The van der Waals surface area contributed by atoms with E-state index >= 15 is 0 Å². The van der Waals surface area contributed by atoms with Gasteiger partial charge in [-0.2, -0.15) is 0 Å². The topological polar surface area (TPSA) is 26.3 Å². The Morgan fingerprint density at radius 1 is 1.10 bits per heavy atom. The van der Waals surface area contributed by atoms with Gasteiger partial charge in [0, 0.05) is 12.3 Å². The van der Waals surface area contributed by atoms with Crippen molar-refractivity contribution in [3.8, 4) is 0 Å². The second-order valence-electron chi connectivity index (χ2n) is 6.00. The van der Waals surface area contributed by atoms with Gasteiger partial charge in [0.15, 0.2) is 0 Å². The van der Waals surface area contributed by atoms with Crippen LogP contribution in [-0.4, -0.2) is 18.0 Å². The summed E-state index contributed by atoms with van der Waals surface area (Å²) in [5.41, 5.74) is 1.15. The molecule has 102 valence electrons. The molecule has 0 amide bonds. The molecule has 4 rings (SSSR count). The van der Waals surface area contributed by atoms with Crippen molar-refractivity contribution < 1.29 is 9.53 Å². The molecule has 0 spiro atoms. The first-order valence-corrected chi connectivity index (χ1v) is 7.46. The van der Waals surface area contributed by atoms with E-state index in [-0.39, 0.29) is 12.0 Å². The molecule has 2 heterocycles. The van der Waals surface area contributed by atoms with Crippen LogP contribution < -0.4 is 0 Å². The van der Waals surface area contributed by atoms with Crippen molar-refractivity contribution in [2.75, 3.05) is 0 Å². The Hall–Kier alpha value is -1.67. The third kappa shape index (κ3) is 1.95. The highest BCUT2D eigenvalue weighted by Gasteiger charge is 2.43. The highest BCUT2D eigenvalue weighted by molar-refractivity contribution is 5.92. The molecule has 0 N–H and O–H groups in total. The quantitative estimate of drug-likeness (QED) is 0.849. The number of hydrogen-bond donors (Lipinski definition) is 0. The second kappa shape index (κ2) is 4.71. The van der Waals surface area contributed by atoms with Crippen LogP contribution in [0.15, 0.2) is 42.5 Å². The number of hydrogen-bond acceptors (Lipinski definition) is 2. The van der Waals surface area contributed by atoms with Gasteiger partial charge in [-0.05, 0) is 35.6 Å². The third-order valence-electron chi connectivity index (χ3n) is 4.76. The minimum atomic E-state index is 0.132. The van der Waals surface area contributed by atoms with E-state index in [1.807, 2.05) is 18.2 Å². The van der Waals surface area contributed by atoms with Crippen LogP contribution in [0.5, 0.6) is 0 Å². The molecule has 2 aromatic rings. The van der Waals surface area contributed by atoms with Gasteiger partial charge in [0.05, 0.1) is 12.2 Å². The van der Waals surface area contributed by atoms with E-state index in [1.54, 1.807) is 0 Å². The lowest BCUT2D eigenvalue weighted by molar-refractivity contribution is -0.123. The van der Waals surface area contributed by atoms with E-state index in [9.17, 15) is 4.79 Å². The van der Waals surface area contributed by atoms with Gasteiger partial charge in [0.2, 0.25) is 0 Å². The molecule has 3 unspecified atom stereocenters. The summed E-state index contributed by atoms with van der Waals surface area (Å²) in [4.78, 5) is 12.6. The van der Waals surface area contributed by atoms with E-state index in [0.29, 0.717) is 18.3 Å². The largest absolute Gasteiger partial charge is 0.374 e. The molecular weight excluding hydrogens is 248 g/mol. The molecule has 2 heteroatoms. The molecule has 0 aromatic heterocycles. The van der Waals surface area contributed by atoms with E-state index in [2.05, 4.69) is 24.3 Å². The molecule has 2 aliphatic rings. The molecule has 2 aromatic carbocycles. The number of carbonyl (C=O) groups is 1. The maximum absolute atomic E-state index is 12.6. The number of ketones is 1. The van der Waals surface area contributed by atoms with Crippen molar-refractivity contribution in [3.05, 3.63) is 48.0 Å². The Balaban J connectivity index is 1.60. The van der Waals surface area contributed by atoms with Crippen LogP contribution in [0.1, 0.15) is 24.8 Å². The van der Waals surface area contributed by atoms with Crippen LogP contribution in [0.4, 0.5) is 0 Å². The summed E-state index contributed by atoms with van der Waals surface area (Å²) in [5.74, 6) is 0.487. The lowest BCUT2D eigenvalue weighted by Gasteiger charge is -2.17. The van der Waals surface area contributed by atoms with Crippen LogP contribution >= 0.6 is 0 Å². The number of ether oxygens (including phenoxy) is 1. The van der Waals surface area contributed by atoms with Crippen molar-refractivity contribution >= 4 is 16.6 Å². The van der Waals surface area contributed by atoms with Gasteiger partial charge < -0.3 is 4.74 Å². The lowest BCUT2D eigenvalue weighted by atomic mass is 9.83. The summed E-state index contributed by atoms with van der Waals surface area (Å²) >= 11 is 0. The molecule has 0 saturated carbocycles. The van der Waals surface area contributed by atoms with Crippen molar-refractivity contribution in [3.63, 3.8) is 0 Å². The fourth-order valence-corrected chi connectivity index (χ4v) is 3.74. The van der Waals surface area contributed by atoms with Gasteiger partial charge in [0.1, 0.15) is 5.78 Å². The summed E-state index contributed by atoms with van der Waals surface area (Å²) in [7, 11) is 0. The smallest absolute Gasteiger partial charge is 0.143 e. The van der Waals surface area contributed by atoms with Crippen LogP contribution in [-0.2, 0) is 16.0 Å². The first kappa shape index (κ1) is 12.1. The summed E-state index contributed by atoms with van der Waals surface area (Å²) in [6.45, 7) is 0. The molecule has 2 nitrogen and oxygen atoms in total. The molecule has 20 heavy (non-hydrogen) atoms. The molecule has 0 radical (unpaired) electrons. The van der Waals surface area contributed by atoms with Crippen molar-refractivity contribution in [2.24, 2.45) is 5.92 Å². The highest BCUT2D eigenvalue weighted by Crippen LogP contribution is 2.39. The van der Waals surface area contributed by atoms with Crippen LogP contribution in [0.25, 0.3) is 10.8 Å². The van der Waals surface area contributed by atoms with E-state index in [0.717, 1.165) is 24.8 Å². The van der Waals surface area contributed by atoms with E-state index in [1.165, 1.54) is 10.8 Å². The van der Waals surface area contributed by atoms with Crippen molar-refractivity contribution in [1.82, 2.24) is 0 Å². The van der Waals surface area contributed by atoms with Gasteiger partial charge >= 0.3 is 0 Å². The SMILES string of the molecule is O=C(Cc1cccc2ccccc12)C1CC2CCC1O2. The maximum atomic E-state index is 12.6. The van der Waals surface area contributed by atoms with Crippen LogP contribution in [0.3, 0.4) is 0 Å². The molecule has 2 fully saturated rings. The van der Waals surface area contributed by atoms with Gasteiger partial charge in [-0.15, -0.1) is 0 Å². The Bertz CT molecular complexity index is 656. The first-order chi connectivity index (χ1) is 9.81. The lowest BCUT2D eigenvalue weighted by Crippen LogP contribution is -2.26. The van der Waals surface area contributed by atoms with Gasteiger partial charge in [0.25, 0.3) is 0 Å². The maximum Gasteiger partial charge on any atom is 0.143 e. The summed E-state index contributed by atoms with van der Waals surface area (Å²) < 4.78 is 5.81. The Labute approximate surface area is 118 Å². The fraction of sp³-hybridized carbons (Fsp3) is 0.389. The summed E-state index contributed by atoms with van der Waals surface area (Å²) in [6.07, 6.45) is 4.23. The minimum Gasteiger partial charge on any atom is -0.374 e. The third-order valence-corrected chi connectivity index (χ3v) is 4.76. The zero-order valence-corrected chi connectivity index (χ0v) is 11.4. The van der Waals surface area contributed by atoms with Crippen LogP contribution in [0.2, 0.25) is 0 Å². The normalized spacial score (nSPS) is 28.1. The van der Waals surface area contributed by atoms with Crippen molar-refractivity contribution in [2.45, 2.75) is 37.9 Å². The van der Waals surface area contributed by atoms with E-state index in [4.69, 9.17) is 4.74 Å². The number of rotatable bonds is 3. The number of benzene rings is 2. The van der Waals surface area contributed by atoms with Crippen molar-refractivity contribution in [1.29, 1.82) is 0 Å². The predicted octanol–water partition coefficient (Wildman–Crippen LogP) is 3.52. The average Bonchev–Trinajstić information content (AvgIpc) is 3.10.